The predicted molar refractivity (Wildman–Crippen MR) is 83.2 cm³/mol. The Morgan fingerprint density at radius 2 is 1.95 bits per heavy atom. The Morgan fingerprint density at radius 1 is 1.30 bits per heavy atom. The van der Waals surface area contributed by atoms with Crippen molar-refractivity contribution < 1.29 is 9.53 Å². The van der Waals surface area contributed by atoms with E-state index in [0.717, 1.165) is 0 Å². The molecule has 1 amide bonds. The van der Waals surface area contributed by atoms with E-state index in [-0.39, 0.29) is 18.1 Å². The lowest BCUT2D eigenvalue weighted by Gasteiger charge is -2.35. The van der Waals surface area contributed by atoms with Gasteiger partial charge in [0.15, 0.2) is 0 Å². The molecule has 2 atom stereocenters. The SMILES string of the molecule is Cc1ccc(C)c(SCC(=O)N2CC(C)OC(C)C2)c1. The molecule has 1 aromatic carbocycles. The summed E-state index contributed by atoms with van der Waals surface area (Å²) >= 11 is 1.63. The lowest BCUT2D eigenvalue weighted by Crippen LogP contribution is -2.48. The average Bonchev–Trinajstić information content (AvgIpc) is 2.38. The highest BCUT2D eigenvalue weighted by Gasteiger charge is 2.25. The topological polar surface area (TPSA) is 29.5 Å². The van der Waals surface area contributed by atoms with E-state index in [4.69, 9.17) is 4.74 Å². The van der Waals surface area contributed by atoms with Crippen molar-refractivity contribution in [1.29, 1.82) is 0 Å². The highest BCUT2D eigenvalue weighted by molar-refractivity contribution is 8.00. The molecule has 0 spiro atoms. The van der Waals surface area contributed by atoms with Crippen molar-refractivity contribution in [3.8, 4) is 0 Å². The normalized spacial score (nSPS) is 22.9. The number of morpholine rings is 1. The molecular weight excluding hydrogens is 270 g/mol. The van der Waals surface area contributed by atoms with Gasteiger partial charge in [-0.15, -0.1) is 11.8 Å². The number of hydrogen-bond acceptors (Lipinski definition) is 3. The van der Waals surface area contributed by atoms with Crippen LogP contribution in [-0.4, -0.2) is 41.9 Å². The van der Waals surface area contributed by atoms with Crippen molar-refractivity contribution in [3.63, 3.8) is 0 Å². The predicted octanol–water partition coefficient (Wildman–Crippen LogP) is 3.03. The molecule has 0 aromatic heterocycles. The van der Waals surface area contributed by atoms with Crippen LogP contribution in [0.25, 0.3) is 0 Å². The van der Waals surface area contributed by atoms with Gasteiger partial charge in [0.2, 0.25) is 5.91 Å². The summed E-state index contributed by atoms with van der Waals surface area (Å²) in [4.78, 5) is 15.4. The molecule has 1 aliphatic rings. The van der Waals surface area contributed by atoms with Gasteiger partial charge >= 0.3 is 0 Å². The Hall–Kier alpha value is -1.00. The second-order valence-corrected chi connectivity index (χ2v) is 6.63. The molecule has 1 saturated heterocycles. The molecule has 1 heterocycles. The maximum Gasteiger partial charge on any atom is 0.233 e. The van der Waals surface area contributed by atoms with Crippen LogP contribution in [0.1, 0.15) is 25.0 Å². The molecule has 20 heavy (non-hydrogen) atoms. The van der Waals surface area contributed by atoms with Crippen molar-refractivity contribution in [2.24, 2.45) is 0 Å². The third kappa shape index (κ3) is 4.00. The molecule has 0 bridgehead atoms. The molecule has 0 saturated carbocycles. The minimum Gasteiger partial charge on any atom is -0.372 e. The van der Waals surface area contributed by atoms with E-state index >= 15 is 0 Å². The van der Waals surface area contributed by atoms with Gasteiger partial charge in [0.1, 0.15) is 0 Å². The van der Waals surface area contributed by atoms with Gasteiger partial charge in [-0.3, -0.25) is 4.79 Å². The molecule has 4 heteroatoms. The summed E-state index contributed by atoms with van der Waals surface area (Å²) in [5, 5.41) is 0. The lowest BCUT2D eigenvalue weighted by molar-refractivity contribution is -0.140. The fraction of sp³-hybridized carbons (Fsp3) is 0.562. The van der Waals surface area contributed by atoms with Gasteiger partial charge in [-0.1, -0.05) is 17.7 Å². The van der Waals surface area contributed by atoms with Gasteiger partial charge in [-0.2, -0.15) is 0 Å². The molecule has 110 valence electrons. The monoisotopic (exact) mass is 293 g/mol. The molecular formula is C16H23NO2S. The number of aryl methyl sites for hydroxylation is 2. The first-order chi connectivity index (χ1) is 9.45. The number of carbonyl (C=O) groups is 1. The van der Waals surface area contributed by atoms with Gasteiger partial charge in [0.25, 0.3) is 0 Å². The maximum absolute atomic E-state index is 12.3. The summed E-state index contributed by atoms with van der Waals surface area (Å²) in [6, 6.07) is 6.37. The van der Waals surface area contributed by atoms with E-state index < -0.39 is 0 Å². The second-order valence-electron chi connectivity index (χ2n) is 5.61. The standard InChI is InChI=1S/C16H23NO2S/c1-11-5-6-12(2)15(7-11)20-10-16(18)17-8-13(3)19-14(4)9-17/h5-7,13-14H,8-10H2,1-4H3. The molecule has 1 fully saturated rings. The van der Waals surface area contributed by atoms with Gasteiger partial charge in [-0.25, -0.2) is 0 Å². The summed E-state index contributed by atoms with van der Waals surface area (Å²) in [5.41, 5.74) is 2.47. The number of amides is 1. The van der Waals surface area contributed by atoms with Crippen LogP contribution >= 0.6 is 11.8 Å². The van der Waals surface area contributed by atoms with Crippen LogP contribution in [0.5, 0.6) is 0 Å². The third-order valence-electron chi connectivity index (χ3n) is 3.47. The summed E-state index contributed by atoms with van der Waals surface area (Å²) in [6.45, 7) is 9.62. The molecule has 0 N–H and O–H groups in total. The van der Waals surface area contributed by atoms with Crippen molar-refractivity contribution in [1.82, 2.24) is 4.90 Å². The summed E-state index contributed by atoms with van der Waals surface area (Å²) in [5.74, 6) is 0.710. The maximum atomic E-state index is 12.3. The number of rotatable bonds is 3. The van der Waals surface area contributed by atoms with Gasteiger partial charge in [0.05, 0.1) is 18.0 Å². The highest BCUT2D eigenvalue weighted by Crippen LogP contribution is 2.24. The van der Waals surface area contributed by atoms with E-state index in [0.29, 0.717) is 18.8 Å². The van der Waals surface area contributed by atoms with E-state index in [1.54, 1.807) is 11.8 Å². The summed E-state index contributed by atoms with van der Waals surface area (Å²) < 4.78 is 5.66. The minimum absolute atomic E-state index is 0.133. The Kier molecular flexibility index (Phi) is 5.11. The van der Waals surface area contributed by atoms with Crippen molar-refractivity contribution in [2.45, 2.75) is 44.8 Å². The number of ether oxygens (including phenoxy) is 1. The molecule has 0 aliphatic carbocycles. The zero-order valence-electron chi connectivity index (χ0n) is 12.7. The first kappa shape index (κ1) is 15.4. The number of benzene rings is 1. The van der Waals surface area contributed by atoms with Gasteiger partial charge in [-0.05, 0) is 39.3 Å². The Balaban J connectivity index is 1.93. The molecule has 2 rings (SSSR count). The lowest BCUT2D eigenvalue weighted by atomic mass is 10.2. The van der Waals surface area contributed by atoms with Crippen molar-refractivity contribution in [2.75, 3.05) is 18.8 Å². The van der Waals surface area contributed by atoms with Crippen LogP contribution < -0.4 is 0 Å². The molecule has 0 radical (unpaired) electrons. The fourth-order valence-electron chi connectivity index (χ4n) is 2.48. The number of hydrogen-bond donors (Lipinski definition) is 0. The first-order valence-corrected chi connectivity index (χ1v) is 8.07. The molecule has 3 nitrogen and oxygen atoms in total. The van der Waals surface area contributed by atoms with Gasteiger partial charge < -0.3 is 9.64 Å². The van der Waals surface area contributed by atoms with Crippen molar-refractivity contribution >= 4 is 17.7 Å². The van der Waals surface area contributed by atoms with E-state index in [1.165, 1.54) is 16.0 Å². The number of nitrogens with zero attached hydrogens (tertiary/aromatic N) is 1. The Labute approximate surface area is 125 Å². The third-order valence-corrected chi connectivity index (χ3v) is 4.61. The largest absolute Gasteiger partial charge is 0.372 e. The van der Waals surface area contributed by atoms with E-state index in [1.807, 2.05) is 18.7 Å². The first-order valence-electron chi connectivity index (χ1n) is 7.09. The Bertz CT molecular complexity index is 479. The van der Waals surface area contributed by atoms with E-state index in [9.17, 15) is 4.79 Å². The van der Waals surface area contributed by atoms with Crippen LogP contribution in [-0.2, 0) is 9.53 Å². The highest BCUT2D eigenvalue weighted by atomic mass is 32.2. The van der Waals surface area contributed by atoms with Crippen LogP contribution in [0.4, 0.5) is 0 Å². The Morgan fingerprint density at radius 3 is 2.60 bits per heavy atom. The smallest absolute Gasteiger partial charge is 0.233 e. The zero-order chi connectivity index (χ0) is 14.7. The summed E-state index contributed by atoms with van der Waals surface area (Å²) in [7, 11) is 0. The number of carbonyl (C=O) groups excluding carboxylic acids is 1. The number of thioether (sulfide) groups is 1. The average molecular weight is 293 g/mol. The van der Waals surface area contributed by atoms with E-state index in [2.05, 4.69) is 32.0 Å². The van der Waals surface area contributed by atoms with Crippen LogP contribution in [0.15, 0.2) is 23.1 Å². The van der Waals surface area contributed by atoms with Gasteiger partial charge in [0, 0.05) is 18.0 Å². The molecule has 1 aromatic rings. The van der Waals surface area contributed by atoms with Crippen LogP contribution in [0.3, 0.4) is 0 Å². The quantitative estimate of drug-likeness (QED) is 0.802. The van der Waals surface area contributed by atoms with Crippen LogP contribution in [0, 0.1) is 13.8 Å². The minimum atomic E-state index is 0.133. The zero-order valence-corrected chi connectivity index (χ0v) is 13.5. The van der Waals surface area contributed by atoms with Crippen LogP contribution in [0.2, 0.25) is 0 Å². The van der Waals surface area contributed by atoms with Crippen molar-refractivity contribution in [3.05, 3.63) is 29.3 Å². The second kappa shape index (κ2) is 6.64. The fourth-order valence-corrected chi connectivity index (χ4v) is 3.50. The molecule has 1 aliphatic heterocycles. The summed E-state index contributed by atoms with van der Waals surface area (Å²) in [6.07, 6.45) is 0.266. The molecule has 2 unspecified atom stereocenters.